The molecule has 0 aliphatic heterocycles. The van der Waals surface area contributed by atoms with E-state index in [1.807, 2.05) is 0 Å². The van der Waals surface area contributed by atoms with Crippen LogP contribution in [0.4, 0.5) is 4.39 Å². The van der Waals surface area contributed by atoms with Gasteiger partial charge in [-0.25, -0.2) is 9.18 Å². The van der Waals surface area contributed by atoms with Crippen molar-refractivity contribution in [3.8, 4) is 11.5 Å². The summed E-state index contributed by atoms with van der Waals surface area (Å²) < 4.78 is 28.1. The molecule has 2 aromatic carbocycles. The average molecular weight is 318 g/mol. The molecular formula is C17H15FO5. The van der Waals surface area contributed by atoms with Gasteiger partial charge in [0, 0.05) is 11.6 Å². The summed E-state index contributed by atoms with van der Waals surface area (Å²) in [5.41, 5.74) is 0.222. The molecule has 2 aromatic rings. The van der Waals surface area contributed by atoms with Gasteiger partial charge in [0.05, 0.1) is 7.11 Å². The van der Waals surface area contributed by atoms with Crippen LogP contribution in [0.1, 0.15) is 10.4 Å². The summed E-state index contributed by atoms with van der Waals surface area (Å²) in [6, 6.07) is 11.9. The van der Waals surface area contributed by atoms with Gasteiger partial charge in [-0.2, -0.15) is 0 Å². The van der Waals surface area contributed by atoms with Crippen LogP contribution in [0.3, 0.4) is 0 Å². The molecular weight excluding hydrogens is 303 g/mol. The minimum atomic E-state index is -0.915. The Hall–Kier alpha value is -2.89. The van der Waals surface area contributed by atoms with Gasteiger partial charge in [0.15, 0.2) is 0 Å². The summed E-state index contributed by atoms with van der Waals surface area (Å²) in [5.74, 6) is -1.05. The maximum absolute atomic E-state index is 13.0. The predicted molar refractivity (Wildman–Crippen MR) is 80.2 cm³/mol. The average Bonchev–Trinajstić information content (AvgIpc) is 2.58. The molecule has 0 heterocycles. The smallest absolute Gasteiger partial charge is 0.379 e. The highest BCUT2D eigenvalue weighted by molar-refractivity contribution is 6.40. The van der Waals surface area contributed by atoms with Crippen molar-refractivity contribution in [2.45, 2.75) is 0 Å². The number of methoxy groups -OCH3 is 1. The number of ketones is 1. The first kappa shape index (κ1) is 16.5. The highest BCUT2D eigenvalue weighted by Crippen LogP contribution is 2.14. The number of benzene rings is 2. The van der Waals surface area contributed by atoms with Gasteiger partial charge in [-0.15, -0.1) is 0 Å². The van der Waals surface area contributed by atoms with Crippen LogP contribution in [-0.4, -0.2) is 32.1 Å². The summed E-state index contributed by atoms with van der Waals surface area (Å²) in [5, 5.41) is 0. The van der Waals surface area contributed by atoms with Crippen molar-refractivity contribution in [2.75, 3.05) is 20.3 Å². The third-order valence-electron chi connectivity index (χ3n) is 2.90. The van der Waals surface area contributed by atoms with Crippen LogP contribution >= 0.6 is 0 Å². The third-order valence-corrected chi connectivity index (χ3v) is 2.90. The number of ether oxygens (including phenoxy) is 3. The van der Waals surface area contributed by atoms with Crippen LogP contribution in [-0.2, 0) is 9.53 Å². The molecule has 0 radical (unpaired) electrons. The fraction of sp³-hybridized carbons (Fsp3) is 0.176. The van der Waals surface area contributed by atoms with E-state index in [-0.39, 0.29) is 24.6 Å². The summed E-state index contributed by atoms with van der Waals surface area (Å²) in [6.07, 6.45) is 0. The van der Waals surface area contributed by atoms with Crippen molar-refractivity contribution < 1.29 is 28.2 Å². The molecule has 0 spiro atoms. The number of halogens is 1. The lowest BCUT2D eigenvalue weighted by atomic mass is 10.1. The normalized spacial score (nSPS) is 10.0. The monoisotopic (exact) mass is 318 g/mol. The maximum atomic E-state index is 13.0. The summed E-state index contributed by atoms with van der Waals surface area (Å²) in [7, 11) is 1.15. The molecule has 0 aromatic heterocycles. The van der Waals surface area contributed by atoms with E-state index >= 15 is 0 Å². The lowest BCUT2D eigenvalue weighted by Crippen LogP contribution is -2.15. The SMILES string of the molecule is COC(=O)C(=O)c1ccc(OCCOc2cccc(F)c2)cc1. The van der Waals surface area contributed by atoms with Crippen molar-refractivity contribution in [3.05, 3.63) is 59.9 Å². The lowest BCUT2D eigenvalue weighted by molar-refractivity contribution is -0.135. The zero-order valence-electron chi connectivity index (χ0n) is 12.5. The van der Waals surface area contributed by atoms with Gasteiger partial charge in [-0.05, 0) is 36.4 Å². The van der Waals surface area contributed by atoms with Gasteiger partial charge >= 0.3 is 5.97 Å². The van der Waals surface area contributed by atoms with Crippen molar-refractivity contribution in [1.29, 1.82) is 0 Å². The van der Waals surface area contributed by atoms with Crippen LogP contribution in [0.2, 0.25) is 0 Å². The van der Waals surface area contributed by atoms with E-state index in [0.717, 1.165) is 7.11 Å². The van der Waals surface area contributed by atoms with Gasteiger partial charge < -0.3 is 14.2 Å². The second-order valence-electron chi connectivity index (χ2n) is 4.50. The van der Waals surface area contributed by atoms with E-state index in [4.69, 9.17) is 9.47 Å². The van der Waals surface area contributed by atoms with Crippen molar-refractivity contribution in [2.24, 2.45) is 0 Å². The second kappa shape index (κ2) is 7.93. The number of carbonyl (C=O) groups excluding carboxylic acids is 2. The quantitative estimate of drug-likeness (QED) is 0.340. The zero-order valence-corrected chi connectivity index (χ0v) is 12.5. The molecule has 23 heavy (non-hydrogen) atoms. The molecule has 0 bridgehead atoms. The predicted octanol–water partition coefficient (Wildman–Crippen LogP) is 2.64. The largest absolute Gasteiger partial charge is 0.490 e. The topological polar surface area (TPSA) is 61.8 Å². The van der Waals surface area contributed by atoms with Crippen molar-refractivity contribution in [1.82, 2.24) is 0 Å². The van der Waals surface area contributed by atoms with E-state index in [0.29, 0.717) is 11.5 Å². The molecule has 120 valence electrons. The minimum Gasteiger partial charge on any atom is -0.490 e. The van der Waals surface area contributed by atoms with Gasteiger partial charge in [0.1, 0.15) is 30.5 Å². The fourth-order valence-corrected chi connectivity index (χ4v) is 1.79. The van der Waals surface area contributed by atoms with Crippen LogP contribution in [0.15, 0.2) is 48.5 Å². The van der Waals surface area contributed by atoms with E-state index in [1.165, 1.54) is 24.3 Å². The van der Waals surface area contributed by atoms with E-state index in [9.17, 15) is 14.0 Å². The molecule has 0 amide bonds. The summed E-state index contributed by atoms with van der Waals surface area (Å²) in [4.78, 5) is 22.7. The first-order chi connectivity index (χ1) is 11.1. The Morgan fingerprint density at radius 3 is 2.22 bits per heavy atom. The van der Waals surface area contributed by atoms with E-state index in [2.05, 4.69) is 4.74 Å². The van der Waals surface area contributed by atoms with Gasteiger partial charge in [0.25, 0.3) is 5.78 Å². The fourth-order valence-electron chi connectivity index (χ4n) is 1.79. The zero-order chi connectivity index (χ0) is 16.7. The molecule has 2 rings (SSSR count). The number of rotatable bonds is 7. The van der Waals surface area contributed by atoms with E-state index < -0.39 is 11.8 Å². The number of esters is 1. The van der Waals surface area contributed by atoms with E-state index in [1.54, 1.807) is 24.3 Å². The number of hydrogen-bond donors (Lipinski definition) is 0. The second-order valence-corrected chi connectivity index (χ2v) is 4.50. The van der Waals surface area contributed by atoms with Crippen LogP contribution in [0.5, 0.6) is 11.5 Å². The number of carbonyl (C=O) groups is 2. The van der Waals surface area contributed by atoms with Crippen LogP contribution < -0.4 is 9.47 Å². The van der Waals surface area contributed by atoms with Crippen LogP contribution in [0, 0.1) is 5.82 Å². The Kier molecular flexibility index (Phi) is 5.68. The third kappa shape index (κ3) is 4.81. The molecule has 0 saturated carbocycles. The molecule has 0 saturated heterocycles. The number of Topliss-reactive ketones (excluding diaryl/α,β-unsaturated/α-hetero) is 1. The molecule has 5 nitrogen and oxygen atoms in total. The molecule has 0 fully saturated rings. The Morgan fingerprint density at radius 1 is 0.957 bits per heavy atom. The molecule has 6 heteroatoms. The highest BCUT2D eigenvalue weighted by Gasteiger charge is 2.16. The van der Waals surface area contributed by atoms with Gasteiger partial charge in [-0.3, -0.25) is 4.79 Å². The summed E-state index contributed by atoms with van der Waals surface area (Å²) in [6.45, 7) is 0.493. The molecule has 0 aliphatic rings. The van der Waals surface area contributed by atoms with Gasteiger partial charge in [0.2, 0.25) is 0 Å². The van der Waals surface area contributed by atoms with Gasteiger partial charge in [-0.1, -0.05) is 6.07 Å². The number of hydrogen-bond acceptors (Lipinski definition) is 5. The van der Waals surface area contributed by atoms with Crippen molar-refractivity contribution >= 4 is 11.8 Å². The Morgan fingerprint density at radius 2 is 1.61 bits per heavy atom. The lowest BCUT2D eigenvalue weighted by Gasteiger charge is -2.08. The molecule has 0 atom stereocenters. The highest BCUT2D eigenvalue weighted by atomic mass is 19.1. The van der Waals surface area contributed by atoms with Crippen LogP contribution in [0.25, 0.3) is 0 Å². The first-order valence-electron chi connectivity index (χ1n) is 6.84. The first-order valence-corrected chi connectivity index (χ1v) is 6.84. The minimum absolute atomic E-state index is 0.222. The Labute approximate surface area is 132 Å². The Bertz CT molecular complexity index is 682. The summed E-state index contributed by atoms with van der Waals surface area (Å²) >= 11 is 0. The Balaban J connectivity index is 1.80. The molecule has 0 aliphatic carbocycles. The molecule has 0 N–H and O–H groups in total. The van der Waals surface area contributed by atoms with Crippen molar-refractivity contribution in [3.63, 3.8) is 0 Å². The standard InChI is InChI=1S/C17H15FO5/c1-21-17(20)16(19)12-5-7-14(8-6-12)22-9-10-23-15-4-2-3-13(18)11-15/h2-8,11H,9-10H2,1H3. The maximum Gasteiger partial charge on any atom is 0.379 e. The molecule has 0 unspecified atom stereocenters.